The van der Waals surface area contributed by atoms with Crippen LogP contribution in [0.15, 0.2) is 42.5 Å². The van der Waals surface area contributed by atoms with Crippen LogP contribution in [0.1, 0.15) is 24.0 Å². The van der Waals surface area contributed by atoms with Crippen LogP contribution in [0.3, 0.4) is 0 Å². The van der Waals surface area contributed by atoms with Gasteiger partial charge in [0.2, 0.25) is 5.91 Å². The van der Waals surface area contributed by atoms with Gasteiger partial charge in [-0.25, -0.2) is 0 Å². The van der Waals surface area contributed by atoms with Crippen molar-refractivity contribution in [1.82, 2.24) is 0 Å². The Morgan fingerprint density at radius 1 is 1.08 bits per heavy atom. The molecule has 0 saturated carbocycles. The predicted octanol–water partition coefficient (Wildman–Crippen LogP) is 3.14. The number of hydrogen-bond acceptors (Lipinski definition) is 3. The molecule has 4 heteroatoms. The number of nitrogen functional groups attached to an aromatic ring is 1. The van der Waals surface area contributed by atoms with E-state index < -0.39 is 0 Å². The average Bonchev–Trinajstić information content (AvgIpc) is 2.97. The lowest BCUT2D eigenvalue weighted by Crippen LogP contribution is -2.44. The van der Waals surface area contributed by atoms with Gasteiger partial charge in [0.1, 0.15) is 6.04 Å². The lowest BCUT2D eigenvalue weighted by molar-refractivity contribution is -0.118. The zero-order valence-electron chi connectivity index (χ0n) is 14.0. The molecule has 0 aromatic heterocycles. The smallest absolute Gasteiger partial charge is 0.249 e. The summed E-state index contributed by atoms with van der Waals surface area (Å²) in [6, 6.07) is 14.2. The zero-order chi connectivity index (χ0) is 16.7. The van der Waals surface area contributed by atoms with Gasteiger partial charge >= 0.3 is 0 Å². The molecule has 0 spiro atoms. The molecule has 2 aromatic carbocycles. The van der Waals surface area contributed by atoms with Gasteiger partial charge in [-0.3, -0.25) is 4.79 Å². The zero-order valence-corrected chi connectivity index (χ0v) is 14.0. The normalized spacial score (nSPS) is 20.4. The number of amides is 1. The first kappa shape index (κ1) is 15.1. The summed E-state index contributed by atoms with van der Waals surface area (Å²) in [4.78, 5) is 17.2. The Labute approximate surface area is 142 Å². The summed E-state index contributed by atoms with van der Waals surface area (Å²) in [5, 5.41) is 0. The molecule has 4 nitrogen and oxygen atoms in total. The number of aryl methyl sites for hydroxylation is 1. The van der Waals surface area contributed by atoms with Crippen LogP contribution in [-0.4, -0.2) is 25.0 Å². The fourth-order valence-electron chi connectivity index (χ4n) is 3.94. The number of benzene rings is 2. The number of nitrogens with zero attached hydrogens (tertiary/aromatic N) is 2. The fourth-order valence-corrected chi connectivity index (χ4v) is 3.94. The molecule has 2 heterocycles. The summed E-state index contributed by atoms with van der Waals surface area (Å²) in [6.07, 6.45) is 2.91. The molecule has 2 aromatic rings. The summed E-state index contributed by atoms with van der Waals surface area (Å²) in [7, 11) is 0. The minimum atomic E-state index is -0.0767. The Bertz CT molecular complexity index is 769. The molecular formula is C20H23N3O. The highest BCUT2D eigenvalue weighted by atomic mass is 16.2. The highest BCUT2D eigenvalue weighted by Gasteiger charge is 2.38. The van der Waals surface area contributed by atoms with Crippen molar-refractivity contribution in [3.63, 3.8) is 0 Å². The second-order valence-corrected chi connectivity index (χ2v) is 6.77. The van der Waals surface area contributed by atoms with Gasteiger partial charge < -0.3 is 15.5 Å². The largest absolute Gasteiger partial charge is 0.398 e. The average molecular weight is 321 g/mol. The Morgan fingerprint density at radius 2 is 1.88 bits per heavy atom. The molecule has 0 bridgehead atoms. The second-order valence-electron chi connectivity index (χ2n) is 6.77. The van der Waals surface area contributed by atoms with E-state index in [4.69, 9.17) is 5.73 Å². The number of anilines is 3. The van der Waals surface area contributed by atoms with Crippen molar-refractivity contribution in [1.29, 1.82) is 0 Å². The lowest BCUT2D eigenvalue weighted by Gasteiger charge is -2.35. The van der Waals surface area contributed by atoms with Crippen molar-refractivity contribution in [2.75, 3.05) is 28.6 Å². The maximum atomic E-state index is 13.0. The van der Waals surface area contributed by atoms with Crippen molar-refractivity contribution in [3.05, 3.63) is 53.6 Å². The number of nitrogens with two attached hydrogens (primary N) is 1. The van der Waals surface area contributed by atoms with Gasteiger partial charge in [0.05, 0.1) is 0 Å². The maximum absolute atomic E-state index is 13.0. The van der Waals surface area contributed by atoms with Crippen LogP contribution in [0.4, 0.5) is 17.1 Å². The SMILES string of the molecule is Cc1ccc(N2CCC(N3CCCc4c(N)cccc43)C2=O)cc1. The van der Waals surface area contributed by atoms with E-state index >= 15 is 0 Å². The molecule has 1 amide bonds. The minimum Gasteiger partial charge on any atom is -0.398 e. The maximum Gasteiger partial charge on any atom is 0.249 e. The summed E-state index contributed by atoms with van der Waals surface area (Å²) in [5.74, 6) is 0.203. The van der Waals surface area contributed by atoms with Gasteiger partial charge in [0.15, 0.2) is 0 Å². The highest BCUT2D eigenvalue weighted by Crippen LogP contribution is 2.35. The molecule has 1 atom stereocenters. The second kappa shape index (κ2) is 5.86. The highest BCUT2D eigenvalue weighted by molar-refractivity contribution is 6.01. The molecule has 1 unspecified atom stereocenters. The van der Waals surface area contributed by atoms with E-state index in [9.17, 15) is 4.79 Å². The quantitative estimate of drug-likeness (QED) is 0.865. The number of rotatable bonds is 2. The topological polar surface area (TPSA) is 49.6 Å². The van der Waals surface area contributed by atoms with E-state index in [1.165, 1.54) is 11.1 Å². The van der Waals surface area contributed by atoms with Gasteiger partial charge in [-0.05, 0) is 56.0 Å². The number of carbonyl (C=O) groups excluding carboxylic acids is 1. The van der Waals surface area contributed by atoms with Crippen LogP contribution in [0.25, 0.3) is 0 Å². The van der Waals surface area contributed by atoms with Crippen molar-refractivity contribution in [2.24, 2.45) is 0 Å². The third kappa shape index (κ3) is 2.42. The molecule has 0 radical (unpaired) electrons. The van der Waals surface area contributed by atoms with Gasteiger partial charge in [-0.2, -0.15) is 0 Å². The van der Waals surface area contributed by atoms with E-state index in [0.717, 1.165) is 49.4 Å². The van der Waals surface area contributed by atoms with Gasteiger partial charge in [0.25, 0.3) is 0 Å². The summed E-state index contributed by atoms with van der Waals surface area (Å²) >= 11 is 0. The third-order valence-corrected chi connectivity index (χ3v) is 5.22. The molecule has 4 rings (SSSR count). The van der Waals surface area contributed by atoms with Crippen molar-refractivity contribution in [3.8, 4) is 0 Å². The van der Waals surface area contributed by atoms with E-state index in [2.05, 4.69) is 30.0 Å². The molecule has 0 aliphatic carbocycles. The Morgan fingerprint density at radius 3 is 2.67 bits per heavy atom. The van der Waals surface area contributed by atoms with Crippen LogP contribution in [-0.2, 0) is 11.2 Å². The van der Waals surface area contributed by atoms with Crippen LogP contribution >= 0.6 is 0 Å². The number of hydrogen-bond donors (Lipinski definition) is 1. The van der Waals surface area contributed by atoms with Crippen molar-refractivity contribution >= 4 is 23.0 Å². The molecule has 2 aliphatic rings. The molecule has 2 aliphatic heterocycles. The van der Waals surface area contributed by atoms with Crippen LogP contribution in [0.5, 0.6) is 0 Å². The Balaban J connectivity index is 1.62. The first-order valence-electron chi connectivity index (χ1n) is 8.67. The van der Waals surface area contributed by atoms with E-state index in [1.807, 2.05) is 29.2 Å². The van der Waals surface area contributed by atoms with Crippen LogP contribution in [0, 0.1) is 6.92 Å². The molecule has 1 saturated heterocycles. The molecule has 1 fully saturated rings. The summed E-state index contributed by atoms with van der Waals surface area (Å²) < 4.78 is 0. The van der Waals surface area contributed by atoms with Crippen molar-refractivity contribution < 1.29 is 4.79 Å². The first-order chi connectivity index (χ1) is 11.6. The number of carbonyl (C=O) groups is 1. The van der Waals surface area contributed by atoms with E-state index in [0.29, 0.717) is 0 Å². The molecule has 2 N–H and O–H groups in total. The third-order valence-electron chi connectivity index (χ3n) is 5.22. The Kier molecular flexibility index (Phi) is 3.68. The van der Waals surface area contributed by atoms with Gasteiger partial charge in [0, 0.05) is 30.2 Å². The molecule has 124 valence electrons. The van der Waals surface area contributed by atoms with Gasteiger partial charge in [-0.15, -0.1) is 0 Å². The molecular weight excluding hydrogens is 298 g/mol. The number of fused-ring (bicyclic) bond motifs is 1. The minimum absolute atomic E-state index is 0.0767. The first-order valence-corrected chi connectivity index (χ1v) is 8.67. The molecule has 24 heavy (non-hydrogen) atoms. The standard InChI is InChI=1S/C20H23N3O/c1-14-7-9-15(10-8-14)22-13-11-19(20(22)24)23-12-3-4-16-17(21)5-2-6-18(16)23/h2,5-10,19H,3-4,11-13,21H2,1H3. The van der Waals surface area contributed by atoms with E-state index in [1.54, 1.807) is 0 Å². The van der Waals surface area contributed by atoms with Crippen molar-refractivity contribution in [2.45, 2.75) is 32.2 Å². The summed E-state index contributed by atoms with van der Waals surface area (Å²) in [5.41, 5.74) is 11.5. The van der Waals surface area contributed by atoms with Crippen LogP contribution in [0.2, 0.25) is 0 Å². The van der Waals surface area contributed by atoms with Gasteiger partial charge in [-0.1, -0.05) is 23.8 Å². The van der Waals surface area contributed by atoms with E-state index in [-0.39, 0.29) is 11.9 Å². The predicted molar refractivity (Wildman–Crippen MR) is 98.5 cm³/mol. The van der Waals surface area contributed by atoms with Crippen LogP contribution < -0.4 is 15.5 Å². The fraction of sp³-hybridized carbons (Fsp3) is 0.350. The Hall–Kier alpha value is -2.49. The summed E-state index contributed by atoms with van der Waals surface area (Å²) in [6.45, 7) is 3.77. The monoisotopic (exact) mass is 321 g/mol. The lowest BCUT2D eigenvalue weighted by atomic mass is 9.98.